The van der Waals surface area contributed by atoms with Gasteiger partial charge in [-0.05, 0) is 19.1 Å². The van der Waals surface area contributed by atoms with Gasteiger partial charge in [-0.3, -0.25) is 4.28 Å². The number of esters is 1. The van der Waals surface area contributed by atoms with Crippen LogP contribution >= 0.6 is 11.8 Å². The first-order valence-corrected chi connectivity index (χ1v) is 7.81. The highest BCUT2D eigenvalue weighted by atomic mass is 32.2. The number of nitrogens with zero attached hydrogens (tertiary/aromatic N) is 1. The quantitative estimate of drug-likeness (QED) is 0.272. The van der Waals surface area contributed by atoms with Crippen LogP contribution in [0.25, 0.3) is 0 Å². The first kappa shape index (κ1) is 16.3. The lowest BCUT2D eigenvalue weighted by atomic mass is 10.4. The summed E-state index contributed by atoms with van der Waals surface area (Å²) < 4.78 is 31.3. The summed E-state index contributed by atoms with van der Waals surface area (Å²) in [4.78, 5) is 12.4. The van der Waals surface area contributed by atoms with Gasteiger partial charge >= 0.3 is 16.1 Å². The highest BCUT2D eigenvalue weighted by molar-refractivity contribution is 8.15. The molecule has 0 N–H and O–H groups in total. The molecule has 0 atom stereocenters. The molecule has 0 amide bonds. The van der Waals surface area contributed by atoms with E-state index in [2.05, 4.69) is 16.0 Å². The van der Waals surface area contributed by atoms with Gasteiger partial charge in [0.05, 0.1) is 12.0 Å². The van der Waals surface area contributed by atoms with E-state index in [0.717, 1.165) is 11.8 Å². The van der Waals surface area contributed by atoms with Crippen LogP contribution in [0.1, 0.15) is 6.92 Å². The Bertz CT molecular complexity index is 596. The second-order valence-corrected chi connectivity index (χ2v) is 5.80. The molecule has 0 aromatic heterocycles. The van der Waals surface area contributed by atoms with Gasteiger partial charge in [-0.2, -0.15) is 8.42 Å². The Morgan fingerprint density at radius 3 is 2.60 bits per heavy atom. The van der Waals surface area contributed by atoms with E-state index in [0.29, 0.717) is 10.3 Å². The molecule has 20 heavy (non-hydrogen) atoms. The molecule has 1 rings (SSSR count). The number of ether oxygens (including phenoxy) is 1. The minimum absolute atomic E-state index is 0.140. The molecule has 0 fully saturated rings. The van der Waals surface area contributed by atoms with Crippen molar-refractivity contribution >= 4 is 32.9 Å². The minimum Gasteiger partial charge on any atom is -0.461 e. The van der Waals surface area contributed by atoms with E-state index >= 15 is 0 Å². The molecule has 6 nitrogen and oxygen atoms in total. The van der Waals surface area contributed by atoms with Crippen molar-refractivity contribution in [3.63, 3.8) is 0 Å². The number of oxime groups is 1. The van der Waals surface area contributed by atoms with E-state index in [1.54, 1.807) is 31.2 Å². The van der Waals surface area contributed by atoms with Gasteiger partial charge in [-0.25, -0.2) is 4.79 Å². The van der Waals surface area contributed by atoms with Crippen LogP contribution in [0, 0.1) is 0 Å². The summed E-state index contributed by atoms with van der Waals surface area (Å²) in [6, 6.07) is 8.83. The fourth-order valence-corrected chi connectivity index (χ4v) is 2.03. The van der Waals surface area contributed by atoms with Gasteiger partial charge in [-0.15, -0.1) is 0 Å². The molecule has 0 aliphatic heterocycles. The molecular formula is C12H13NO5S2. The molecule has 0 saturated carbocycles. The molecular weight excluding hydrogens is 302 g/mol. The van der Waals surface area contributed by atoms with E-state index < -0.39 is 16.1 Å². The molecule has 0 aliphatic carbocycles. The third-order valence-corrected chi connectivity index (χ3v) is 3.47. The first-order chi connectivity index (χ1) is 9.48. The summed E-state index contributed by atoms with van der Waals surface area (Å²) >= 11 is 0.940. The summed E-state index contributed by atoms with van der Waals surface area (Å²) in [5, 5.41) is 3.70. The van der Waals surface area contributed by atoms with E-state index in [-0.39, 0.29) is 11.7 Å². The number of carbonyl (C=O) groups is 1. The Balaban J connectivity index is 2.94. The normalized spacial score (nSPS) is 11.8. The molecule has 0 unspecified atom stereocenters. The number of benzene rings is 1. The monoisotopic (exact) mass is 315 g/mol. The molecule has 0 saturated heterocycles. The first-order valence-electron chi connectivity index (χ1n) is 5.52. The Hall–Kier alpha value is -1.80. The van der Waals surface area contributed by atoms with Gasteiger partial charge in [0.15, 0.2) is 0 Å². The Morgan fingerprint density at radius 1 is 1.40 bits per heavy atom. The number of thioether (sulfide) groups is 1. The van der Waals surface area contributed by atoms with Crippen LogP contribution in [0.2, 0.25) is 0 Å². The Kier molecular flexibility index (Phi) is 6.26. The van der Waals surface area contributed by atoms with E-state index in [9.17, 15) is 13.2 Å². The van der Waals surface area contributed by atoms with Crippen LogP contribution in [0.3, 0.4) is 0 Å². The summed E-state index contributed by atoms with van der Waals surface area (Å²) in [5.41, 5.74) is 0. The summed E-state index contributed by atoms with van der Waals surface area (Å²) in [6.07, 6.45) is 0. The zero-order valence-corrected chi connectivity index (χ0v) is 12.3. The molecule has 1 aromatic carbocycles. The van der Waals surface area contributed by atoms with E-state index in [1.807, 2.05) is 6.07 Å². The average Bonchev–Trinajstić information content (AvgIpc) is 2.44. The van der Waals surface area contributed by atoms with Crippen molar-refractivity contribution in [3.05, 3.63) is 42.3 Å². The molecule has 0 aliphatic rings. The third-order valence-electron chi connectivity index (χ3n) is 1.84. The second kappa shape index (κ2) is 7.71. The van der Waals surface area contributed by atoms with Crippen LogP contribution in [0.5, 0.6) is 0 Å². The topological polar surface area (TPSA) is 82.0 Å². The van der Waals surface area contributed by atoms with E-state index in [4.69, 9.17) is 4.74 Å². The van der Waals surface area contributed by atoms with Crippen molar-refractivity contribution in [3.8, 4) is 0 Å². The molecule has 0 bridgehead atoms. The lowest BCUT2D eigenvalue weighted by molar-refractivity contribution is -0.134. The van der Waals surface area contributed by atoms with Gasteiger partial charge in [0.1, 0.15) is 0 Å². The summed E-state index contributed by atoms with van der Waals surface area (Å²) in [6.45, 7) is 4.84. The molecule has 0 heterocycles. The van der Waals surface area contributed by atoms with Crippen molar-refractivity contribution < 1.29 is 22.2 Å². The fourth-order valence-electron chi connectivity index (χ4n) is 1.01. The second-order valence-electron chi connectivity index (χ2n) is 3.27. The highest BCUT2D eigenvalue weighted by Gasteiger charge is 2.17. The maximum Gasteiger partial charge on any atom is 0.367 e. The van der Waals surface area contributed by atoms with Crippen molar-refractivity contribution in [2.24, 2.45) is 5.16 Å². The predicted octanol–water partition coefficient (Wildman–Crippen LogP) is 2.15. The molecule has 0 radical (unpaired) electrons. The zero-order valence-electron chi connectivity index (χ0n) is 10.7. The van der Waals surface area contributed by atoms with Gasteiger partial charge in [0.25, 0.3) is 0 Å². The average molecular weight is 315 g/mol. The van der Waals surface area contributed by atoms with Crippen LogP contribution in [0.4, 0.5) is 0 Å². The standard InChI is InChI=1S/C12H13NO5S2/c1-3-17-12(14)11(13-18-20(15,16)4-2)19-10-8-6-5-7-9-10/h4-9H,2-3H2,1H3/b13-11-. The predicted molar refractivity (Wildman–Crippen MR) is 76.6 cm³/mol. The zero-order chi connectivity index (χ0) is 15.0. The lowest BCUT2D eigenvalue weighted by Gasteiger charge is -2.05. The number of carbonyl (C=O) groups excluding carboxylic acids is 1. The van der Waals surface area contributed by atoms with E-state index in [1.165, 1.54) is 0 Å². The largest absolute Gasteiger partial charge is 0.461 e. The molecule has 1 aromatic rings. The van der Waals surface area contributed by atoms with Gasteiger partial charge in [-0.1, -0.05) is 41.7 Å². The SMILES string of the molecule is C=CS(=O)(=O)O/N=C(\Sc1ccccc1)C(=O)OCC. The van der Waals surface area contributed by atoms with Crippen molar-refractivity contribution in [1.29, 1.82) is 0 Å². The van der Waals surface area contributed by atoms with Crippen molar-refractivity contribution in [2.45, 2.75) is 11.8 Å². The molecule has 8 heteroatoms. The lowest BCUT2D eigenvalue weighted by Crippen LogP contribution is -2.15. The Labute approximate surface area is 121 Å². The van der Waals surface area contributed by atoms with Crippen LogP contribution < -0.4 is 0 Å². The van der Waals surface area contributed by atoms with Crippen LogP contribution in [0.15, 0.2) is 52.4 Å². The molecule has 108 valence electrons. The summed E-state index contributed by atoms with van der Waals surface area (Å²) in [7, 11) is -4.00. The van der Waals surface area contributed by atoms with Crippen LogP contribution in [-0.4, -0.2) is 26.0 Å². The number of rotatable bonds is 5. The van der Waals surface area contributed by atoms with Gasteiger partial charge < -0.3 is 4.74 Å². The number of hydrogen-bond acceptors (Lipinski definition) is 7. The maximum absolute atomic E-state index is 11.7. The third kappa shape index (κ3) is 5.45. The van der Waals surface area contributed by atoms with Crippen molar-refractivity contribution in [1.82, 2.24) is 0 Å². The van der Waals surface area contributed by atoms with Crippen molar-refractivity contribution in [2.75, 3.05) is 6.61 Å². The Morgan fingerprint density at radius 2 is 2.05 bits per heavy atom. The highest BCUT2D eigenvalue weighted by Crippen LogP contribution is 2.20. The van der Waals surface area contributed by atoms with Gasteiger partial charge in [0, 0.05) is 4.90 Å². The fraction of sp³-hybridized carbons (Fsp3) is 0.167. The number of hydrogen-bond donors (Lipinski definition) is 0. The smallest absolute Gasteiger partial charge is 0.367 e. The maximum atomic E-state index is 11.7. The summed E-state index contributed by atoms with van der Waals surface area (Å²) in [5.74, 6) is -0.763. The van der Waals surface area contributed by atoms with Crippen LogP contribution in [-0.2, 0) is 23.9 Å². The minimum atomic E-state index is -4.00. The van der Waals surface area contributed by atoms with Gasteiger partial charge in [0.2, 0.25) is 5.04 Å². The molecule has 0 spiro atoms.